The summed E-state index contributed by atoms with van der Waals surface area (Å²) in [5.41, 5.74) is 2.11. The lowest BCUT2D eigenvalue weighted by Crippen LogP contribution is -2.05. The maximum atomic E-state index is 12.4. The second kappa shape index (κ2) is 5.30. The predicted octanol–water partition coefficient (Wildman–Crippen LogP) is 4.02. The van der Waals surface area contributed by atoms with Crippen molar-refractivity contribution in [3.05, 3.63) is 59.4 Å². The predicted molar refractivity (Wildman–Crippen MR) is 67.7 cm³/mol. The molecule has 0 unspecified atom stereocenters. The number of hydrogen-bond acceptors (Lipinski definition) is 2. The van der Waals surface area contributed by atoms with E-state index >= 15 is 0 Å². The molecule has 19 heavy (non-hydrogen) atoms. The first-order valence-corrected chi connectivity index (χ1v) is 5.77. The zero-order chi connectivity index (χ0) is 13.9. The third-order valence-corrected chi connectivity index (χ3v) is 2.84. The van der Waals surface area contributed by atoms with Crippen LogP contribution in [0.25, 0.3) is 0 Å². The normalized spacial score (nSPS) is 11.4. The number of rotatable bonds is 3. The fourth-order valence-corrected chi connectivity index (χ4v) is 1.66. The van der Waals surface area contributed by atoms with Crippen molar-refractivity contribution in [1.82, 2.24) is 4.98 Å². The van der Waals surface area contributed by atoms with Gasteiger partial charge in [0.2, 0.25) is 0 Å². The molecule has 0 aliphatic carbocycles. The van der Waals surface area contributed by atoms with Crippen LogP contribution in [-0.2, 0) is 12.7 Å². The summed E-state index contributed by atoms with van der Waals surface area (Å²) in [6.45, 7) is 2.50. The van der Waals surface area contributed by atoms with Crippen molar-refractivity contribution in [2.24, 2.45) is 0 Å². The maximum absolute atomic E-state index is 12.4. The summed E-state index contributed by atoms with van der Waals surface area (Å²) in [5, 5.41) is 3.07. The van der Waals surface area contributed by atoms with Crippen LogP contribution >= 0.6 is 0 Å². The molecule has 0 aliphatic heterocycles. The van der Waals surface area contributed by atoms with Gasteiger partial charge in [0, 0.05) is 24.6 Å². The number of pyridine rings is 1. The molecule has 0 amide bonds. The van der Waals surface area contributed by atoms with Crippen molar-refractivity contribution in [2.45, 2.75) is 19.6 Å². The highest BCUT2D eigenvalue weighted by Gasteiger charge is 2.29. The molecule has 1 aromatic heterocycles. The van der Waals surface area contributed by atoms with Crippen molar-refractivity contribution in [2.75, 3.05) is 5.32 Å². The standard InChI is InChI=1S/C14H13F3N2/c1-10-6-7-18-8-11(10)9-19-13-4-2-12(3-5-13)14(15,16)17/h2-8,19H,9H2,1H3. The van der Waals surface area contributed by atoms with E-state index < -0.39 is 11.7 Å². The number of halogens is 3. The van der Waals surface area contributed by atoms with Crippen molar-refractivity contribution in [3.8, 4) is 0 Å². The zero-order valence-electron chi connectivity index (χ0n) is 10.3. The van der Waals surface area contributed by atoms with Gasteiger partial charge in [-0.05, 0) is 48.4 Å². The summed E-state index contributed by atoms with van der Waals surface area (Å²) in [7, 11) is 0. The number of anilines is 1. The van der Waals surface area contributed by atoms with Crippen molar-refractivity contribution in [1.29, 1.82) is 0 Å². The summed E-state index contributed by atoms with van der Waals surface area (Å²) >= 11 is 0. The molecule has 2 nitrogen and oxygen atoms in total. The van der Waals surface area contributed by atoms with Gasteiger partial charge in [0.15, 0.2) is 0 Å². The molecule has 0 aliphatic rings. The highest BCUT2D eigenvalue weighted by atomic mass is 19.4. The minimum Gasteiger partial charge on any atom is -0.381 e. The second-order valence-electron chi connectivity index (χ2n) is 4.23. The topological polar surface area (TPSA) is 24.9 Å². The Morgan fingerprint density at radius 2 is 1.79 bits per heavy atom. The molecule has 2 aromatic rings. The van der Waals surface area contributed by atoms with E-state index in [1.54, 1.807) is 12.4 Å². The zero-order valence-corrected chi connectivity index (χ0v) is 10.3. The Kier molecular flexibility index (Phi) is 3.74. The molecule has 0 saturated carbocycles. The van der Waals surface area contributed by atoms with Crippen LogP contribution in [0.2, 0.25) is 0 Å². The van der Waals surface area contributed by atoms with Crippen LogP contribution in [0.4, 0.5) is 18.9 Å². The minimum absolute atomic E-state index is 0.533. The van der Waals surface area contributed by atoms with Crippen molar-refractivity contribution in [3.63, 3.8) is 0 Å². The monoisotopic (exact) mass is 266 g/mol. The maximum Gasteiger partial charge on any atom is 0.416 e. The molecule has 1 N–H and O–H groups in total. The molecule has 0 saturated heterocycles. The lowest BCUT2D eigenvalue weighted by molar-refractivity contribution is -0.137. The van der Waals surface area contributed by atoms with Gasteiger partial charge >= 0.3 is 6.18 Å². The molecule has 1 heterocycles. The average Bonchev–Trinajstić information content (AvgIpc) is 2.37. The molecule has 2 rings (SSSR count). The molecule has 0 atom stereocenters. The highest BCUT2D eigenvalue weighted by Crippen LogP contribution is 2.29. The summed E-state index contributed by atoms with van der Waals surface area (Å²) in [6, 6.07) is 6.88. The van der Waals surface area contributed by atoms with E-state index in [2.05, 4.69) is 10.3 Å². The van der Waals surface area contributed by atoms with E-state index in [1.165, 1.54) is 12.1 Å². The second-order valence-corrected chi connectivity index (χ2v) is 4.23. The van der Waals surface area contributed by atoms with Crippen LogP contribution in [0.1, 0.15) is 16.7 Å². The Balaban J connectivity index is 2.03. The first kappa shape index (κ1) is 13.4. The third kappa shape index (κ3) is 3.47. The van der Waals surface area contributed by atoms with Gasteiger partial charge in [0.1, 0.15) is 0 Å². The number of aryl methyl sites for hydroxylation is 1. The van der Waals surface area contributed by atoms with Crippen LogP contribution < -0.4 is 5.32 Å². The van der Waals surface area contributed by atoms with E-state index in [4.69, 9.17) is 0 Å². The van der Waals surface area contributed by atoms with Gasteiger partial charge < -0.3 is 5.32 Å². The Morgan fingerprint density at radius 1 is 1.11 bits per heavy atom. The molecule has 0 radical (unpaired) electrons. The van der Waals surface area contributed by atoms with Gasteiger partial charge in [0.25, 0.3) is 0 Å². The molecule has 0 spiro atoms. The smallest absolute Gasteiger partial charge is 0.381 e. The number of nitrogens with one attached hydrogen (secondary N) is 1. The Hall–Kier alpha value is -2.04. The number of hydrogen-bond donors (Lipinski definition) is 1. The van der Waals surface area contributed by atoms with Gasteiger partial charge in [-0.25, -0.2) is 0 Å². The minimum atomic E-state index is -4.29. The van der Waals surface area contributed by atoms with Crippen molar-refractivity contribution < 1.29 is 13.2 Å². The van der Waals surface area contributed by atoms with E-state index in [0.29, 0.717) is 12.2 Å². The SMILES string of the molecule is Cc1ccncc1CNc1ccc(C(F)(F)F)cc1. The van der Waals surface area contributed by atoms with Crippen LogP contribution in [0, 0.1) is 6.92 Å². The van der Waals surface area contributed by atoms with E-state index in [1.807, 2.05) is 13.0 Å². The molecular formula is C14H13F3N2. The number of alkyl halides is 3. The molecular weight excluding hydrogens is 253 g/mol. The van der Waals surface area contributed by atoms with E-state index in [0.717, 1.165) is 23.3 Å². The summed E-state index contributed by atoms with van der Waals surface area (Å²) in [5.74, 6) is 0. The van der Waals surface area contributed by atoms with Gasteiger partial charge in [-0.3, -0.25) is 4.98 Å². The number of benzene rings is 1. The number of aromatic nitrogens is 1. The Labute approximate surface area is 109 Å². The third-order valence-electron chi connectivity index (χ3n) is 2.84. The van der Waals surface area contributed by atoms with Gasteiger partial charge in [-0.1, -0.05) is 0 Å². The highest BCUT2D eigenvalue weighted by molar-refractivity contribution is 5.46. The summed E-state index contributed by atoms with van der Waals surface area (Å²) in [4.78, 5) is 4.02. The molecule has 100 valence electrons. The summed E-state index contributed by atoms with van der Waals surface area (Å²) in [6.07, 6.45) is -0.845. The van der Waals surface area contributed by atoms with Crippen LogP contribution in [0.15, 0.2) is 42.7 Å². The van der Waals surface area contributed by atoms with Gasteiger partial charge in [-0.2, -0.15) is 13.2 Å². The average molecular weight is 266 g/mol. The largest absolute Gasteiger partial charge is 0.416 e. The molecule has 0 fully saturated rings. The van der Waals surface area contributed by atoms with Gasteiger partial charge in [0.05, 0.1) is 5.56 Å². The first-order valence-electron chi connectivity index (χ1n) is 5.77. The molecule has 0 bridgehead atoms. The van der Waals surface area contributed by atoms with Crippen LogP contribution in [0.5, 0.6) is 0 Å². The quantitative estimate of drug-likeness (QED) is 0.907. The lowest BCUT2D eigenvalue weighted by Gasteiger charge is -2.10. The molecule has 5 heteroatoms. The fraction of sp³-hybridized carbons (Fsp3) is 0.214. The van der Waals surface area contributed by atoms with Gasteiger partial charge in [-0.15, -0.1) is 0 Å². The number of nitrogens with zero attached hydrogens (tertiary/aromatic N) is 1. The lowest BCUT2D eigenvalue weighted by atomic mass is 10.1. The van der Waals surface area contributed by atoms with Crippen LogP contribution in [0.3, 0.4) is 0 Å². The molecule has 1 aromatic carbocycles. The summed E-state index contributed by atoms with van der Waals surface area (Å²) < 4.78 is 37.2. The van der Waals surface area contributed by atoms with E-state index in [9.17, 15) is 13.2 Å². The van der Waals surface area contributed by atoms with Crippen molar-refractivity contribution >= 4 is 5.69 Å². The fourth-order valence-electron chi connectivity index (χ4n) is 1.66. The van der Waals surface area contributed by atoms with Crippen LogP contribution in [-0.4, -0.2) is 4.98 Å². The Morgan fingerprint density at radius 3 is 2.37 bits per heavy atom. The van der Waals surface area contributed by atoms with E-state index in [-0.39, 0.29) is 0 Å². The Bertz CT molecular complexity index is 547. The first-order chi connectivity index (χ1) is 8.97.